The van der Waals surface area contributed by atoms with E-state index in [-0.39, 0.29) is 17.5 Å². The Hall–Kier alpha value is -1.75. The highest BCUT2D eigenvalue weighted by Crippen LogP contribution is 2.36. The molecule has 5 heteroatoms. The number of nitrogens with zero attached hydrogens (tertiary/aromatic N) is 1. The van der Waals surface area contributed by atoms with Crippen LogP contribution in [0.4, 0.5) is 0 Å². The third kappa shape index (κ3) is 2.45. The van der Waals surface area contributed by atoms with Crippen molar-refractivity contribution < 1.29 is 19.4 Å². The first-order valence-corrected chi connectivity index (χ1v) is 6.91. The minimum absolute atomic E-state index is 0.00694. The molecule has 1 spiro atoms. The Bertz CT molecular complexity index is 533. The van der Waals surface area contributed by atoms with Crippen LogP contribution in [0.1, 0.15) is 32.3 Å². The highest BCUT2D eigenvalue weighted by atomic mass is 16.7. The van der Waals surface area contributed by atoms with Gasteiger partial charge in [0.2, 0.25) is 0 Å². The van der Waals surface area contributed by atoms with Gasteiger partial charge in [-0.15, -0.1) is 0 Å². The van der Waals surface area contributed by atoms with E-state index in [1.807, 2.05) is 26.0 Å². The summed E-state index contributed by atoms with van der Waals surface area (Å²) in [6.07, 6.45) is 1.61. The molecule has 0 saturated carbocycles. The number of hydrogen-bond acceptors (Lipinski definition) is 5. The molecule has 0 amide bonds. The standard InChI is InChI=1S/C15H19NO4/c1-10(2)19-14-7-11(3-4-13(14)17)12-8-15(20-16-12)5-6-18-9-15/h3-4,7,10,17H,5-6,8-9H2,1-2H3/t15-/m1/s1. The van der Waals surface area contributed by atoms with Crippen LogP contribution >= 0.6 is 0 Å². The van der Waals surface area contributed by atoms with E-state index in [9.17, 15) is 5.11 Å². The molecule has 0 bridgehead atoms. The predicted molar refractivity (Wildman–Crippen MR) is 74.3 cm³/mol. The molecular weight excluding hydrogens is 258 g/mol. The number of hydrogen-bond donors (Lipinski definition) is 1. The average molecular weight is 277 g/mol. The van der Waals surface area contributed by atoms with Crippen LogP contribution in [0.15, 0.2) is 23.4 Å². The SMILES string of the molecule is CC(C)Oc1cc(C2=NO[C@]3(CCOC3)C2)ccc1O. The largest absolute Gasteiger partial charge is 0.504 e. The molecule has 1 N–H and O–H groups in total. The van der Waals surface area contributed by atoms with Gasteiger partial charge in [-0.3, -0.25) is 0 Å². The molecule has 20 heavy (non-hydrogen) atoms. The fourth-order valence-electron chi connectivity index (χ4n) is 2.52. The molecule has 1 saturated heterocycles. The third-order valence-electron chi connectivity index (χ3n) is 3.56. The summed E-state index contributed by atoms with van der Waals surface area (Å²) < 4.78 is 11.0. The summed E-state index contributed by atoms with van der Waals surface area (Å²) in [4.78, 5) is 5.58. The fraction of sp³-hybridized carbons (Fsp3) is 0.533. The molecule has 0 aliphatic carbocycles. The summed E-state index contributed by atoms with van der Waals surface area (Å²) >= 11 is 0. The molecular formula is C15H19NO4. The van der Waals surface area contributed by atoms with E-state index < -0.39 is 0 Å². The van der Waals surface area contributed by atoms with E-state index >= 15 is 0 Å². The summed E-state index contributed by atoms with van der Waals surface area (Å²) in [5.41, 5.74) is 1.51. The van der Waals surface area contributed by atoms with Crippen molar-refractivity contribution in [3.05, 3.63) is 23.8 Å². The van der Waals surface area contributed by atoms with Crippen molar-refractivity contribution in [3.63, 3.8) is 0 Å². The van der Waals surface area contributed by atoms with Crippen molar-refractivity contribution in [1.82, 2.24) is 0 Å². The quantitative estimate of drug-likeness (QED) is 0.922. The van der Waals surface area contributed by atoms with E-state index in [0.29, 0.717) is 12.4 Å². The smallest absolute Gasteiger partial charge is 0.168 e. The Morgan fingerprint density at radius 3 is 2.95 bits per heavy atom. The van der Waals surface area contributed by atoms with Crippen LogP contribution in [-0.4, -0.2) is 35.7 Å². The minimum atomic E-state index is -0.285. The van der Waals surface area contributed by atoms with Gasteiger partial charge in [-0.05, 0) is 32.0 Å². The van der Waals surface area contributed by atoms with E-state index in [4.69, 9.17) is 14.3 Å². The number of rotatable bonds is 3. The van der Waals surface area contributed by atoms with Gasteiger partial charge in [0.1, 0.15) is 0 Å². The molecule has 2 aliphatic rings. The number of oxime groups is 1. The minimum Gasteiger partial charge on any atom is -0.504 e. The number of ether oxygens (including phenoxy) is 2. The van der Waals surface area contributed by atoms with Crippen LogP contribution in [0.3, 0.4) is 0 Å². The second kappa shape index (κ2) is 4.98. The Morgan fingerprint density at radius 2 is 2.25 bits per heavy atom. The zero-order valence-corrected chi connectivity index (χ0v) is 11.8. The van der Waals surface area contributed by atoms with Gasteiger partial charge < -0.3 is 19.4 Å². The van der Waals surface area contributed by atoms with Crippen molar-refractivity contribution in [2.24, 2.45) is 5.16 Å². The lowest BCUT2D eigenvalue weighted by molar-refractivity contribution is -0.0237. The maximum atomic E-state index is 9.82. The van der Waals surface area contributed by atoms with Crippen LogP contribution in [-0.2, 0) is 9.57 Å². The molecule has 1 fully saturated rings. The molecule has 108 valence electrons. The summed E-state index contributed by atoms with van der Waals surface area (Å²) in [5, 5.41) is 14.0. The number of aromatic hydroxyl groups is 1. The molecule has 5 nitrogen and oxygen atoms in total. The summed E-state index contributed by atoms with van der Waals surface area (Å²) in [6.45, 7) is 5.16. The van der Waals surface area contributed by atoms with Crippen molar-refractivity contribution in [3.8, 4) is 11.5 Å². The van der Waals surface area contributed by atoms with Crippen molar-refractivity contribution in [2.75, 3.05) is 13.2 Å². The van der Waals surface area contributed by atoms with Crippen molar-refractivity contribution >= 4 is 5.71 Å². The normalized spacial score (nSPS) is 25.1. The van der Waals surface area contributed by atoms with Crippen molar-refractivity contribution in [2.45, 2.75) is 38.4 Å². The van der Waals surface area contributed by atoms with Gasteiger partial charge in [0, 0.05) is 18.4 Å². The molecule has 0 aromatic heterocycles. The monoisotopic (exact) mass is 277 g/mol. The van der Waals surface area contributed by atoms with E-state index in [1.54, 1.807) is 6.07 Å². The Morgan fingerprint density at radius 1 is 1.40 bits per heavy atom. The average Bonchev–Trinajstić information content (AvgIpc) is 3.03. The van der Waals surface area contributed by atoms with Gasteiger partial charge in [0.15, 0.2) is 17.1 Å². The fourth-order valence-corrected chi connectivity index (χ4v) is 2.52. The zero-order chi connectivity index (χ0) is 14.2. The predicted octanol–water partition coefficient (Wildman–Crippen LogP) is 2.46. The lowest BCUT2D eigenvalue weighted by Crippen LogP contribution is -2.29. The maximum absolute atomic E-state index is 9.82. The van der Waals surface area contributed by atoms with Gasteiger partial charge in [0.05, 0.1) is 25.0 Å². The lowest BCUT2D eigenvalue weighted by Gasteiger charge is -2.17. The van der Waals surface area contributed by atoms with Crippen LogP contribution < -0.4 is 4.74 Å². The second-order valence-corrected chi connectivity index (χ2v) is 5.64. The van der Waals surface area contributed by atoms with Crippen LogP contribution in [0.25, 0.3) is 0 Å². The van der Waals surface area contributed by atoms with E-state index in [1.165, 1.54) is 0 Å². The first kappa shape index (κ1) is 13.2. The van der Waals surface area contributed by atoms with Crippen LogP contribution in [0.5, 0.6) is 11.5 Å². The van der Waals surface area contributed by atoms with Crippen LogP contribution in [0, 0.1) is 0 Å². The molecule has 2 aliphatic heterocycles. The van der Waals surface area contributed by atoms with Gasteiger partial charge >= 0.3 is 0 Å². The summed E-state index contributed by atoms with van der Waals surface area (Å²) in [5.74, 6) is 0.615. The molecule has 1 atom stereocenters. The van der Waals surface area contributed by atoms with Gasteiger partial charge in [-0.1, -0.05) is 5.16 Å². The molecule has 2 heterocycles. The van der Waals surface area contributed by atoms with Gasteiger partial charge in [-0.25, -0.2) is 0 Å². The Balaban J connectivity index is 1.81. The molecule has 1 aromatic carbocycles. The van der Waals surface area contributed by atoms with Crippen LogP contribution in [0.2, 0.25) is 0 Å². The molecule has 3 rings (SSSR count). The van der Waals surface area contributed by atoms with E-state index in [2.05, 4.69) is 5.16 Å². The Kier molecular flexibility index (Phi) is 3.30. The van der Waals surface area contributed by atoms with Gasteiger partial charge in [-0.2, -0.15) is 0 Å². The number of phenolic OH excluding ortho intramolecular Hbond substituents is 1. The van der Waals surface area contributed by atoms with Gasteiger partial charge in [0.25, 0.3) is 0 Å². The third-order valence-corrected chi connectivity index (χ3v) is 3.56. The highest BCUT2D eigenvalue weighted by molar-refractivity contribution is 6.02. The molecule has 1 aromatic rings. The van der Waals surface area contributed by atoms with E-state index in [0.717, 1.165) is 30.7 Å². The first-order chi connectivity index (χ1) is 9.58. The highest BCUT2D eigenvalue weighted by Gasteiger charge is 2.43. The topological polar surface area (TPSA) is 60.3 Å². The molecule has 0 unspecified atom stereocenters. The first-order valence-electron chi connectivity index (χ1n) is 6.91. The molecule has 0 radical (unpaired) electrons. The summed E-state index contributed by atoms with van der Waals surface area (Å²) in [7, 11) is 0. The lowest BCUT2D eigenvalue weighted by atomic mass is 9.93. The van der Waals surface area contributed by atoms with Crippen molar-refractivity contribution in [1.29, 1.82) is 0 Å². The number of phenols is 1. The summed E-state index contributed by atoms with van der Waals surface area (Å²) in [6, 6.07) is 5.28. The number of benzene rings is 1. The Labute approximate surface area is 118 Å². The zero-order valence-electron chi connectivity index (χ0n) is 11.8. The maximum Gasteiger partial charge on any atom is 0.168 e. The second-order valence-electron chi connectivity index (χ2n) is 5.64.